The summed E-state index contributed by atoms with van der Waals surface area (Å²) in [4.78, 5) is 37.1. The number of nitrogens with one attached hydrogen (secondary N) is 2. The van der Waals surface area contributed by atoms with Gasteiger partial charge in [-0.1, -0.05) is 12.1 Å². The maximum absolute atomic E-state index is 12.7. The molecule has 7 heteroatoms. The van der Waals surface area contributed by atoms with Crippen molar-refractivity contribution >= 4 is 23.5 Å². The number of carbonyl (C=O) groups is 3. The molecule has 2 amide bonds. The first-order valence-electron chi connectivity index (χ1n) is 9.95. The van der Waals surface area contributed by atoms with Crippen LogP contribution >= 0.6 is 0 Å². The van der Waals surface area contributed by atoms with E-state index in [0.29, 0.717) is 49.2 Å². The number of amides is 2. The highest BCUT2D eigenvalue weighted by Crippen LogP contribution is 2.30. The molecule has 1 aliphatic carbocycles. The number of ether oxygens (including phenoxy) is 1. The number of benzene rings is 1. The molecule has 1 aromatic carbocycles. The average Bonchev–Trinajstić information content (AvgIpc) is 3.26. The van der Waals surface area contributed by atoms with Crippen molar-refractivity contribution in [3.63, 3.8) is 0 Å². The van der Waals surface area contributed by atoms with E-state index < -0.39 is 5.97 Å². The van der Waals surface area contributed by atoms with Crippen molar-refractivity contribution in [2.45, 2.75) is 39.2 Å². The second kappa shape index (κ2) is 9.91. The third kappa shape index (κ3) is 5.47. The SMILES string of the molecule is CCOC(=O)c1ccccc1NC(=O)C1CCC(C(=O)NCc2ccco2)CC1. The quantitative estimate of drug-likeness (QED) is 0.696. The molecule has 0 saturated heterocycles. The molecule has 2 aromatic rings. The lowest BCUT2D eigenvalue weighted by Gasteiger charge is -2.27. The molecule has 0 bridgehead atoms. The molecule has 2 N–H and O–H groups in total. The second-order valence-electron chi connectivity index (χ2n) is 7.10. The van der Waals surface area contributed by atoms with Gasteiger partial charge in [-0.15, -0.1) is 0 Å². The molecule has 7 nitrogen and oxygen atoms in total. The smallest absolute Gasteiger partial charge is 0.340 e. The molecule has 3 rings (SSSR count). The Morgan fingerprint density at radius 1 is 1.00 bits per heavy atom. The summed E-state index contributed by atoms with van der Waals surface area (Å²) in [6.45, 7) is 2.38. The normalized spacial score (nSPS) is 18.7. The molecule has 1 heterocycles. The molecule has 1 fully saturated rings. The maximum Gasteiger partial charge on any atom is 0.340 e. The van der Waals surface area contributed by atoms with Crippen LogP contribution in [0.3, 0.4) is 0 Å². The molecule has 0 unspecified atom stereocenters. The summed E-state index contributed by atoms with van der Waals surface area (Å²) in [5.41, 5.74) is 0.794. The van der Waals surface area contributed by atoms with Gasteiger partial charge in [-0.3, -0.25) is 9.59 Å². The highest BCUT2D eigenvalue weighted by Gasteiger charge is 2.30. The minimum absolute atomic E-state index is 0.00656. The Kier molecular flexibility index (Phi) is 7.05. The van der Waals surface area contributed by atoms with Crippen LogP contribution in [0.5, 0.6) is 0 Å². The summed E-state index contributed by atoms with van der Waals surface area (Å²) in [5.74, 6) is -0.156. The van der Waals surface area contributed by atoms with E-state index in [1.54, 1.807) is 43.5 Å². The van der Waals surface area contributed by atoms with Crippen LogP contribution in [0.25, 0.3) is 0 Å². The van der Waals surface area contributed by atoms with Gasteiger partial charge in [0.15, 0.2) is 0 Å². The Morgan fingerprint density at radius 2 is 1.69 bits per heavy atom. The Morgan fingerprint density at radius 3 is 2.34 bits per heavy atom. The number of rotatable bonds is 7. The third-order valence-corrected chi connectivity index (χ3v) is 5.17. The van der Waals surface area contributed by atoms with Gasteiger partial charge in [-0.25, -0.2) is 4.79 Å². The molecule has 0 atom stereocenters. The van der Waals surface area contributed by atoms with Gasteiger partial charge in [0, 0.05) is 11.8 Å². The molecule has 0 aliphatic heterocycles. The lowest BCUT2D eigenvalue weighted by molar-refractivity contribution is -0.128. The summed E-state index contributed by atoms with van der Waals surface area (Å²) < 4.78 is 10.3. The molecule has 0 radical (unpaired) electrons. The summed E-state index contributed by atoms with van der Waals surface area (Å²) in [6, 6.07) is 10.4. The zero-order valence-corrected chi connectivity index (χ0v) is 16.5. The van der Waals surface area contributed by atoms with Gasteiger partial charge in [-0.2, -0.15) is 0 Å². The molecule has 1 saturated carbocycles. The number of para-hydroxylation sites is 1. The molecule has 1 aliphatic rings. The topological polar surface area (TPSA) is 97.6 Å². The largest absolute Gasteiger partial charge is 0.467 e. The fourth-order valence-electron chi connectivity index (χ4n) is 3.56. The van der Waals surface area contributed by atoms with E-state index in [0.717, 1.165) is 0 Å². The molecule has 154 valence electrons. The van der Waals surface area contributed by atoms with E-state index in [-0.39, 0.29) is 30.3 Å². The summed E-state index contributed by atoms with van der Waals surface area (Å²) >= 11 is 0. The van der Waals surface area contributed by atoms with Gasteiger partial charge >= 0.3 is 5.97 Å². The number of anilines is 1. The van der Waals surface area contributed by atoms with Gasteiger partial charge in [0.25, 0.3) is 0 Å². The van der Waals surface area contributed by atoms with Gasteiger partial charge < -0.3 is 19.8 Å². The number of hydrogen-bond donors (Lipinski definition) is 2. The van der Waals surface area contributed by atoms with Gasteiger partial charge in [0.1, 0.15) is 5.76 Å². The molecular weight excluding hydrogens is 372 g/mol. The number of furan rings is 1. The van der Waals surface area contributed by atoms with Crippen molar-refractivity contribution in [1.29, 1.82) is 0 Å². The van der Waals surface area contributed by atoms with Crippen LogP contribution in [-0.2, 0) is 20.9 Å². The molecular formula is C22H26N2O5. The van der Waals surface area contributed by atoms with Crippen LogP contribution in [0.15, 0.2) is 47.1 Å². The van der Waals surface area contributed by atoms with Crippen molar-refractivity contribution in [1.82, 2.24) is 5.32 Å². The summed E-state index contributed by atoms with van der Waals surface area (Å²) in [7, 11) is 0. The minimum Gasteiger partial charge on any atom is -0.467 e. The lowest BCUT2D eigenvalue weighted by Crippen LogP contribution is -2.35. The monoisotopic (exact) mass is 398 g/mol. The summed E-state index contributed by atoms with van der Waals surface area (Å²) in [6.07, 6.45) is 4.15. The Hall–Kier alpha value is -3.09. The van der Waals surface area contributed by atoms with Crippen molar-refractivity contribution < 1.29 is 23.5 Å². The minimum atomic E-state index is -0.458. The van der Waals surface area contributed by atoms with E-state index in [1.165, 1.54) is 0 Å². The van der Waals surface area contributed by atoms with Crippen LogP contribution in [0, 0.1) is 11.8 Å². The Balaban J connectivity index is 1.50. The van der Waals surface area contributed by atoms with Crippen molar-refractivity contribution in [3.05, 3.63) is 54.0 Å². The Labute approximate surface area is 169 Å². The van der Waals surface area contributed by atoms with Gasteiger partial charge in [-0.05, 0) is 56.9 Å². The fourth-order valence-corrected chi connectivity index (χ4v) is 3.56. The molecule has 1 aromatic heterocycles. The first-order valence-corrected chi connectivity index (χ1v) is 9.95. The van der Waals surface area contributed by atoms with E-state index in [4.69, 9.17) is 9.15 Å². The standard InChI is InChI=1S/C22H26N2O5/c1-2-28-22(27)18-7-3-4-8-19(18)24-21(26)16-11-9-15(10-12-16)20(25)23-14-17-6-5-13-29-17/h3-8,13,15-16H,2,9-12,14H2,1H3,(H,23,25)(H,24,26). The number of carbonyl (C=O) groups excluding carboxylic acids is 3. The van der Waals surface area contributed by atoms with Crippen LogP contribution < -0.4 is 10.6 Å². The van der Waals surface area contributed by atoms with Crippen LogP contribution in [0.2, 0.25) is 0 Å². The maximum atomic E-state index is 12.7. The summed E-state index contributed by atoms with van der Waals surface area (Å²) in [5, 5.41) is 5.74. The van der Waals surface area contributed by atoms with Crippen molar-refractivity contribution in [2.75, 3.05) is 11.9 Å². The fraction of sp³-hybridized carbons (Fsp3) is 0.409. The van der Waals surface area contributed by atoms with Crippen molar-refractivity contribution in [3.8, 4) is 0 Å². The highest BCUT2D eigenvalue weighted by atomic mass is 16.5. The second-order valence-corrected chi connectivity index (χ2v) is 7.10. The Bertz CT molecular complexity index is 839. The van der Waals surface area contributed by atoms with Crippen LogP contribution in [-0.4, -0.2) is 24.4 Å². The average molecular weight is 398 g/mol. The molecule has 29 heavy (non-hydrogen) atoms. The zero-order chi connectivity index (χ0) is 20.6. The van der Waals surface area contributed by atoms with Crippen LogP contribution in [0.1, 0.15) is 48.7 Å². The van der Waals surface area contributed by atoms with E-state index in [2.05, 4.69) is 10.6 Å². The zero-order valence-electron chi connectivity index (χ0n) is 16.5. The lowest BCUT2D eigenvalue weighted by atomic mass is 9.81. The van der Waals surface area contributed by atoms with E-state index in [1.807, 2.05) is 6.07 Å². The van der Waals surface area contributed by atoms with E-state index >= 15 is 0 Å². The highest BCUT2D eigenvalue weighted by molar-refractivity contribution is 6.01. The first-order chi connectivity index (χ1) is 14.1. The van der Waals surface area contributed by atoms with Crippen molar-refractivity contribution in [2.24, 2.45) is 11.8 Å². The number of esters is 1. The third-order valence-electron chi connectivity index (χ3n) is 5.17. The van der Waals surface area contributed by atoms with Gasteiger partial charge in [0.05, 0.1) is 30.7 Å². The predicted molar refractivity (Wildman–Crippen MR) is 107 cm³/mol. The predicted octanol–water partition coefficient (Wildman–Crippen LogP) is 3.52. The number of hydrogen-bond acceptors (Lipinski definition) is 5. The first kappa shape index (κ1) is 20.6. The van der Waals surface area contributed by atoms with Gasteiger partial charge in [0.2, 0.25) is 11.8 Å². The molecule has 0 spiro atoms. The van der Waals surface area contributed by atoms with Crippen LogP contribution in [0.4, 0.5) is 5.69 Å². The van der Waals surface area contributed by atoms with E-state index in [9.17, 15) is 14.4 Å².